The summed E-state index contributed by atoms with van der Waals surface area (Å²) in [7, 11) is 0. The van der Waals surface area contributed by atoms with E-state index in [-0.39, 0.29) is 17.7 Å². The first-order chi connectivity index (χ1) is 11.4. The Labute approximate surface area is 145 Å². The van der Waals surface area contributed by atoms with Crippen molar-refractivity contribution in [2.45, 2.75) is 47.0 Å². The van der Waals surface area contributed by atoms with Crippen LogP contribution in [0.1, 0.15) is 46.1 Å². The summed E-state index contributed by atoms with van der Waals surface area (Å²) in [5, 5.41) is 21.1. The van der Waals surface area contributed by atoms with Gasteiger partial charge in [-0.2, -0.15) is 10.5 Å². The van der Waals surface area contributed by atoms with Crippen LogP contribution in [0.4, 0.5) is 5.69 Å². The fourth-order valence-corrected chi connectivity index (χ4v) is 2.78. The average molecular weight is 325 g/mol. The highest BCUT2D eigenvalue weighted by molar-refractivity contribution is 5.94. The first-order valence-corrected chi connectivity index (χ1v) is 8.55. The molecule has 0 bridgehead atoms. The van der Waals surface area contributed by atoms with E-state index in [0.717, 1.165) is 18.4 Å². The van der Waals surface area contributed by atoms with Crippen LogP contribution in [-0.2, 0) is 11.2 Å². The minimum Gasteiger partial charge on any atom is -0.325 e. The van der Waals surface area contributed by atoms with E-state index < -0.39 is 5.92 Å². The molecule has 128 valence electrons. The van der Waals surface area contributed by atoms with Gasteiger partial charge in [-0.25, -0.2) is 0 Å². The zero-order valence-electron chi connectivity index (χ0n) is 15.0. The molecule has 4 nitrogen and oxygen atoms in total. The smallest absolute Gasteiger partial charge is 0.242 e. The molecule has 0 heterocycles. The molecule has 0 aliphatic heterocycles. The molecule has 0 aromatic heterocycles. The fourth-order valence-electron chi connectivity index (χ4n) is 2.78. The number of anilines is 1. The van der Waals surface area contributed by atoms with E-state index in [4.69, 9.17) is 5.26 Å². The van der Waals surface area contributed by atoms with Gasteiger partial charge in [0.05, 0.1) is 18.6 Å². The van der Waals surface area contributed by atoms with E-state index in [2.05, 4.69) is 45.2 Å². The van der Waals surface area contributed by atoms with Gasteiger partial charge < -0.3 is 5.32 Å². The van der Waals surface area contributed by atoms with Gasteiger partial charge >= 0.3 is 0 Å². The van der Waals surface area contributed by atoms with Crippen molar-refractivity contribution in [2.75, 3.05) is 5.32 Å². The lowest BCUT2D eigenvalue weighted by Crippen LogP contribution is -2.31. The lowest BCUT2D eigenvalue weighted by molar-refractivity contribution is -0.120. The molecule has 1 aromatic carbocycles. The van der Waals surface area contributed by atoms with E-state index in [0.29, 0.717) is 18.0 Å². The van der Waals surface area contributed by atoms with Gasteiger partial charge in [-0.05, 0) is 41.9 Å². The Morgan fingerprint density at radius 1 is 1.08 bits per heavy atom. The van der Waals surface area contributed by atoms with Gasteiger partial charge in [0.15, 0.2) is 0 Å². The van der Waals surface area contributed by atoms with Crippen molar-refractivity contribution < 1.29 is 4.79 Å². The molecule has 4 heteroatoms. The molecule has 0 aliphatic rings. The third-order valence-electron chi connectivity index (χ3n) is 4.29. The van der Waals surface area contributed by atoms with E-state index in [1.54, 1.807) is 12.1 Å². The monoisotopic (exact) mass is 325 g/mol. The maximum Gasteiger partial charge on any atom is 0.242 e. The summed E-state index contributed by atoms with van der Waals surface area (Å²) in [6, 6.07) is 11.5. The maximum atomic E-state index is 12.6. The second-order valence-electron chi connectivity index (χ2n) is 7.01. The Morgan fingerprint density at radius 2 is 1.71 bits per heavy atom. The largest absolute Gasteiger partial charge is 0.325 e. The molecular weight excluding hydrogens is 298 g/mol. The zero-order valence-corrected chi connectivity index (χ0v) is 15.0. The molecule has 0 fully saturated rings. The van der Waals surface area contributed by atoms with Gasteiger partial charge in [-0.3, -0.25) is 4.79 Å². The van der Waals surface area contributed by atoms with Crippen molar-refractivity contribution in [3.8, 4) is 12.1 Å². The summed E-state index contributed by atoms with van der Waals surface area (Å²) in [4.78, 5) is 12.6. The number of nitrogens with one attached hydrogen (secondary N) is 1. The molecular formula is C20H27N3O. The second-order valence-corrected chi connectivity index (χ2v) is 7.01. The van der Waals surface area contributed by atoms with Gasteiger partial charge in [0, 0.05) is 5.69 Å². The molecule has 24 heavy (non-hydrogen) atoms. The lowest BCUT2D eigenvalue weighted by Gasteiger charge is -2.25. The number of nitriles is 2. The first kappa shape index (κ1) is 19.7. The number of benzene rings is 1. The second kappa shape index (κ2) is 9.73. The van der Waals surface area contributed by atoms with Crippen LogP contribution >= 0.6 is 0 Å². The molecule has 2 atom stereocenters. The van der Waals surface area contributed by atoms with Crippen LogP contribution in [0.3, 0.4) is 0 Å². The summed E-state index contributed by atoms with van der Waals surface area (Å²) in [5.74, 6) is -0.00993. The molecule has 1 rings (SSSR count). The molecule has 2 unspecified atom stereocenters. The molecule has 0 saturated heterocycles. The van der Waals surface area contributed by atoms with E-state index in [9.17, 15) is 10.1 Å². The number of amides is 1. The van der Waals surface area contributed by atoms with E-state index in [1.807, 2.05) is 12.1 Å². The summed E-state index contributed by atoms with van der Waals surface area (Å²) in [5.41, 5.74) is 1.57. The lowest BCUT2D eigenvalue weighted by atomic mass is 9.79. The minimum atomic E-state index is -0.650. The van der Waals surface area contributed by atoms with Crippen molar-refractivity contribution in [3.63, 3.8) is 0 Å². The van der Waals surface area contributed by atoms with Gasteiger partial charge in [0.1, 0.15) is 5.92 Å². The highest BCUT2D eigenvalue weighted by Gasteiger charge is 2.30. The molecule has 1 amide bonds. The van der Waals surface area contributed by atoms with Gasteiger partial charge in [0.25, 0.3) is 0 Å². The molecule has 1 aromatic rings. The molecule has 0 aliphatic carbocycles. The summed E-state index contributed by atoms with van der Waals surface area (Å²) in [6.07, 6.45) is 2.24. The minimum absolute atomic E-state index is 0.0512. The van der Waals surface area contributed by atoms with Crippen LogP contribution in [0.2, 0.25) is 0 Å². The third kappa shape index (κ3) is 6.05. The number of hydrogen-bond donors (Lipinski definition) is 1. The summed E-state index contributed by atoms with van der Waals surface area (Å²) in [6.45, 7) is 8.45. The van der Waals surface area contributed by atoms with Crippen molar-refractivity contribution in [1.82, 2.24) is 0 Å². The van der Waals surface area contributed by atoms with E-state index >= 15 is 0 Å². The Morgan fingerprint density at radius 3 is 2.17 bits per heavy atom. The van der Waals surface area contributed by atoms with Crippen molar-refractivity contribution in [1.29, 1.82) is 10.5 Å². The van der Waals surface area contributed by atoms with Crippen LogP contribution in [-0.4, -0.2) is 5.91 Å². The van der Waals surface area contributed by atoms with Gasteiger partial charge in [0.2, 0.25) is 5.91 Å². The van der Waals surface area contributed by atoms with Crippen molar-refractivity contribution >= 4 is 11.6 Å². The predicted molar refractivity (Wildman–Crippen MR) is 95.9 cm³/mol. The Hall–Kier alpha value is -2.33. The van der Waals surface area contributed by atoms with Crippen molar-refractivity contribution in [2.24, 2.45) is 23.7 Å². The molecule has 0 saturated carbocycles. The fraction of sp³-hybridized carbons (Fsp3) is 0.550. The summed E-state index contributed by atoms with van der Waals surface area (Å²) >= 11 is 0. The molecule has 0 radical (unpaired) electrons. The molecule has 0 spiro atoms. The quantitative estimate of drug-likeness (QED) is 0.762. The third-order valence-corrected chi connectivity index (χ3v) is 4.29. The van der Waals surface area contributed by atoms with Crippen LogP contribution in [0, 0.1) is 46.3 Å². The highest BCUT2D eigenvalue weighted by atomic mass is 16.1. The zero-order chi connectivity index (χ0) is 18.1. The maximum absolute atomic E-state index is 12.6. The van der Waals surface area contributed by atoms with Gasteiger partial charge in [-0.1, -0.05) is 46.2 Å². The Bertz CT molecular complexity index is 605. The Kier molecular flexibility index (Phi) is 7.99. The van der Waals surface area contributed by atoms with Crippen LogP contribution in [0.5, 0.6) is 0 Å². The highest BCUT2D eigenvalue weighted by Crippen LogP contribution is 2.28. The number of nitrogens with zero attached hydrogens (tertiary/aromatic N) is 2. The average Bonchev–Trinajstić information content (AvgIpc) is 2.52. The van der Waals surface area contributed by atoms with Crippen LogP contribution in [0.15, 0.2) is 24.3 Å². The Balaban J connectivity index is 2.80. The van der Waals surface area contributed by atoms with E-state index in [1.165, 1.54) is 0 Å². The summed E-state index contributed by atoms with van der Waals surface area (Å²) < 4.78 is 0. The van der Waals surface area contributed by atoms with Crippen molar-refractivity contribution in [3.05, 3.63) is 29.8 Å². The SMILES string of the molecule is CC(C)CCC(C(C)C)C(C#N)C(=O)Nc1ccc(CC#N)cc1. The molecule has 1 N–H and O–H groups in total. The number of carbonyl (C=O) groups excluding carboxylic acids is 1. The standard InChI is InChI=1S/C20H27N3O/c1-14(2)5-10-18(15(3)4)19(13-22)20(24)23-17-8-6-16(7-9-17)11-12-21/h6-9,14-15,18-19H,5,10-11H2,1-4H3,(H,23,24). The van der Waals surface area contributed by atoms with Gasteiger partial charge in [-0.15, -0.1) is 0 Å². The number of hydrogen-bond acceptors (Lipinski definition) is 3. The first-order valence-electron chi connectivity index (χ1n) is 8.55. The van der Waals surface area contributed by atoms with Crippen LogP contribution in [0.25, 0.3) is 0 Å². The predicted octanol–water partition coefficient (Wildman–Crippen LogP) is 4.54. The normalized spacial score (nSPS) is 13.2. The number of carbonyl (C=O) groups is 1. The van der Waals surface area contributed by atoms with Crippen LogP contribution < -0.4 is 5.32 Å². The topological polar surface area (TPSA) is 76.7 Å². The number of rotatable bonds is 8.